The maximum atomic E-state index is 12.6. The molecular weight excluding hydrogens is 460 g/mol. The Morgan fingerprint density at radius 1 is 1.00 bits per heavy atom. The van der Waals surface area contributed by atoms with Crippen molar-refractivity contribution in [2.24, 2.45) is 0 Å². The van der Waals surface area contributed by atoms with E-state index in [-0.39, 0.29) is 30.5 Å². The van der Waals surface area contributed by atoms with Crippen LogP contribution in [0.4, 0.5) is 0 Å². The second-order valence-corrected chi connectivity index (χ2v) is 8.33. The normalized spacial score (nSPS) is 12.3. The molecule has 0 bridgehead atoms. The fourth-order valence-corrected chi connectivity index (χ4v) is 4.63. The van der Waals surface area contributed by atoms with E-state index in [2.05, 4.69) is 44.5 Å². The Morgan fingerprint density at radius 3 is 2.47 bits per heavy atom. The van der Waals surface area contributed by atoms with Crippen LogP contribution in [0.1, 0.15) is 71.9 Å². The molecule has 0 radical (unpaired) electrons. The zero-order chi connectivity index (χ0) is 25.2. The van der Waals surface area contributed by atoms with Crippen molar-refractivity contribution in [1.29, 1.82) is 0 Å². The summed E-state index contributed by atoms with van der Waals surface area (Å²) in [4.78, 5) is 32.9. The number of imidazole rings is 1. The average Bonchev–Trinajstić information content (AvgIpc) is 3.51. The highest BCUT2D eigenvalue weighted by Crippen LogP contribution is 2.48. The Labute approximate surface area is 207 Å². The molecular formula is C26H26N6O4. The minimum Gasteiger partial charge on any atom is -0.461 e. The lowest BCUT2D eigenvalue weighted by molar-refractivity contribution is 0.0471. The molecule has 4 aromatic rings. The van der Waals surface area contributed by atoms with Crippen LogP contribution in [0, 0.1) is 0 Å². The topological polar surface area (TPSA) is 125 Å². The van der Waals surface area contributed by atoms with E-state index < -0.39 is 11.9 Å². The van der Waals surface area contributed by atoms with E-state index in [9.17, 15) is 9.59 Å². The van der Waals surface area contributed by atoms with Gasteiger partial charge in [-0.15, -0.1) is 5.10 Å². The minimum atomic E-state index is -0.672. The average molecular weight is 487 g/mol. The predicted octanol–water partition coefficient (Wildman–Crippen LogP) is 4.32. The van der Waals surface area contributed by atoms with Gasteiger partial charge in [-0.1, -0.05) is 55.8 Å². The molecule has 1 atom stereocenters. The molecule has 10 heteroatoms. The summed E-state index contributed by atoms with van der Waals surface area (Å²) in [5.74, 6) is -0.402. The summed E-state index contributed by atoms with van der Waals surface area (Å²) in [5, 5.41) is 12.3. The molecule has 1 N–H and O–H groups in total. The molecule has 0 fully saturated rings. The standard InChI is InChI=1S/C26H26N6O4/c1-4-10-18(23-27-20(25(33)35-5-2)21(28-23)26(34)36-6-3)17-14-13-16(15-11-8-7-9-12-15)22-19(17)24-29-30-31-32(22)24/h7-9,11-14,18H,4-6,10H2,1-3H3,(H,27,28). The first kappa shape index (κ1) is 23.4. The fourth-order valence-electron chi connectivity index (χ4n) is 4.63. The first-order chi connectivity index (χ1) is 17.6. The molecule has 10 nitrogen and oxygen atoms in total. The summed E-state index contributed by atoms with van der Waals surface area (Å²) in [6.07, 6.45) is 1.56. The SMILES string of the molecule is CCCC(c1nc(C(=O)OCC)c(C(=O)OCC)[nH]1)c1ccc(-c2ccccc2)c2c1-c1nnnn1-2. The molecule has 1 aliphatic heterocycles. The highest BCUT2D eigenvalue weighted by Gasteiger charge is 2.36. The Balaban J connectivity index is 1.64. The fraction of sp³-hybridized carbons (Fsp3) is 0.308. The Kier molecular flexibility index (Phi) is 6.32. The second-order valence-electron chi connectivity index (χ2n) is 8.33. The Hall–Kier alpha value is -4.34. The van der Waals surface area contributed by atoms with Gasteiger partial charge >= 0.3 is 11.9 Å². The third kappa shape index (κ3) is 3.84. The maximum absolute atomic E-state index is 12.6. The van der Waals surface area contributed by atoms with Crippen LogP contribution in [0.15, 0.2) is 42.5 Å². The molecule has 184 valence electrons. The molecule has 1 unspecified atom stereocenters. The van der Waals surface area contributed by atoms with Crippen LogP contribution in [0.3, 0.4) is 0 Å². The van der Waals surface area contributed by atoms with Crippen molar-refractivity contribution in [2.75, 3.05) is 13.2 Å². The molecule has 2 aromatic carbocycles. The van der Waals surface area contributed by atoms with Gasteiger partial charge in [-0.3, -0.25) is 0 Å². The number of H-pyrrole nitrogens is 1. The van der Waals surface area contributed by atoms with Crippen molar-refractivity contribution < 1.29 is 19.1 Å². The van der Waals surface area contributed by atoms with Crippen molar-refractivity contribution >= 4 is 11.9 Å². The molecule has 36 heavy (non-hydrogen) atoms. The number of nitrogens with zero attached hydrogens (tertiary/aromatic N) is 5. The second kappa shape index (κ2) is 9.73. The third-order valence-corrected chi connectivity index (χ3v) is 6.15. The number of nitrogens with one attached hydrogen (secondary N) is 1. The monoisotopic (exact) mass is 486 g/mol. The first-order valence-electron chi connectivity index (χ1n) is 12.0. The van der Waals surface area contributed by atoms with E-state index in [1.54, 1.807) is 18.5 Å². The van der Waals surface area contributed by atoms with Gasteiger partial charge in [-0.05, 0) is 41.8 Å². The number of aromatic nitrogens is 6. The molecule has 0 spiro atoms. The maximum Gasteiger partial charge on any atom is 0.359 e. The predicted molar refractivity (Wildman–Crippen MR) is 131 cm³/mol. The molecule has 0 amide bonds. The van der Waals surface area contributed by atoms with Gasteiger partial charge in [0.25, 0.3) is 0 Å². The van der Waals surface area contributed by atoms with Gasteiger partial charge in [0.15, 0.2) is 17.2 Å². The van der Waals surface area contributed by atoms with Crippen LogP contribution >= 0.6 is 0 Å². The Morgan fingerprint density at radius 2 is 1.75 bits per heavy atom. The molecule has 5 rings (SSSR count). The highest BCUT2D eigenvalue weighted by atomic mass is 16.5. The molecule has 0 saturated carbocycles. The number of carbonyl (C=O) groups is 2. The first-order valence-corrected chi connectivity index (χ1v) is 12.0. The summed E-state index contributed by atoms with van der Waals surface area (Å²) >= 11 is 0. The van der Waals surface area contributed by atoms with E-state index in [0.717, 1.165) is 40.8 Å². The Bertz CT molecular complexity index is 1390. The number of ether oxygens (including phenoxy) is 2. The van der Waals surface area contributed by atoms with Crippen LogP contribution in [-0.2, 0) is 9.47 Å². The van der Waals surface area contributed by atoms with Gasteiger partial charge in [0.05, 0.1) is 24.5 Å². The van der Waals surface area contributed by atoms with Gasteiger partial charge in [0, 0.05) is 11.5 Å². The number of rotatable bonds is 9. The van der Waals surface area contributed by atoms with Crippen LogP contribution in [0.2, 0.25) is 0 Å². The number of esters is 2. The molecule has 0 aliphatic carbocycles. The van der Waals surface area contributed by atoms with Crippen LogP contribution in [0.25, 0.3) is 28.2 Å². The summed E-state index contributed by atoms with van der Waals surface area (Å²) in [7, 11) is 0. The van der Waals surface area contributed by atoms with Gasteiger partial charge in [0.1, 0.15) is 5.82 Å². The summed E-state index contributed by atoms with van der Waals surface area (Å²) < 4.78 is 12.1. The summed E-state index contributed by atoms with van der Waals surface area (Å²) in [6, 6.07) is 14.2. The van der Waals surface area contributed by atoms with Crippen molar-refractivity contribution in [3.05, 3.63) is 65.2 Å². The minimum absolute atomic E-state index is 0.00373. The van der Waals surface area contributed by atoms with E-state index in [1.165, 1.54) is 0 Å². The summed E-state index contributed by atoms with van der Waals surface area (Å²) in [5.41, 5.74) is 4.82. The number of hydrogen-bond acceptors (Lipinski definition) is 8. The molecule has 1 aliphatic rings. The number of carbonyl (C=O) groups excluding carboxylic acids is 2. The zero-order valence-electron chi connectivity index (χ0n) is 20.3. The third-order valence-electron chi connectivity index (χ3n) is 6.15. The van der Waals surface area contributed by atoms with Crippen molar-refractivity contribution in [3.8, 4) is 28.2 Å². The van der Waals surface area contributed by atoms with Gasteiger partial charge in [-0.2, -0.15) is 4.68 Å². The molecule has 3 heterocycles. The van der Waals surface area contributed by atoms with E-state index >= 15 is 0 Å². The number of fused-ring (bicyclic) bond motifs is 4. The number of tetrazole rings is 1. The van der Waals surface area contributed by atoms with E-state index in [0.29, 0.717) is 11.6 Å². The van der Waals surface area contributed by atoms with Gasteiger partial charge in [0.2, 0.25) is 0 Å². The summed E-state index contributed by atoms with van der Waals surface area (Å²) in [6.45, 7) is 5.82. The van der Waals surface area contributed by atoms with Crippen LogP contribution in [-0.4, -0.2) is 55.3 Å². The lowest BCUT2D eigenvalue weighted by Gasteiger charge is -2.28. The number of aromatic amines is 1. The van der Waals surface area contributed by atoms with E-state index in [1.807, 2.05) is 30.3 Å². The largest absolute Gasteiger partial charge is 0.461 e. The number of hydrogen-bond donors (Lipinski definition) is 1. The zero-order valence-corrected chi connectivity index (χ0v) is 20.3. The quantitative estimate of drug-likeness (QED) is 0.306. The number of benzene rings is 2. The lowest BCUT2D eigenvalue weighted by atomic mass is 9.84. The van der Waals surface area contributed by atoms with E-state index in [4.69, 9.17) is 9.47 Å². The lowest BCUT2D eigenvalue weighted by Crippen LogP contribution is -2.18. The molecule has 2 aromatic heterocycles. The van der Waals surface area contributed by atoms with Crippen molar-refractivity contribution in [2.45, 2.75) is 39.5 Å². The van der Waals surface area contributed by atoms with Gasteiger partial charge in [-0.25, -0.2) is 14.6 Å². The van der Waals surface area contributed by atoms with Crippen molar-refractivity contribution in [1.82, 2.24) is 30.2 Å². The molecule has 0 saturated heterocycles. The van der Waals surface area contributed by atoms with Crippen LogP contribution in [0.5, 0.6) is 0 Å². The smallest absolute Gasteiger partial charge is 0.359 e. The highest BCUT2D eigenvalue weighted by molar-refractivity contribution is 6.00. The van der Waals surface area contributed by atoms with Gasteiger partial charge < -0.3 is 14.5 Å². The van der Waals surface area contributed by atoms with Crippen molar-refractivity contribution in [3.63, 3.8) is 0 Å². The van der Waals surface area contributed by atoms with Crippen LogP contribution < -0.4 is 0 Å².